The molecule has 14 heteroatoms. The Labute approximate surface area is 198 Å². The van der Waals surface area contributed by atoms with Crippen LogP contribution in [0.3, 0.4) is 0 Å². The number of nitrogens with zero attached hydrogens (tertiary/aromatic N) is 1. The lowest BCUT2D eigenvalue weighted by Gasteiger charge is -2.43. The van der Waals surface area contributed by atoms with Gasteiger partial charge in [0.2, 0.25) is 12.4 Å². The van der Waals surface area contributed by atoms with Crippen molar-refractivity contribution in [2.75, 3.05) is 6.61 Å². The lowest BCUT2D eigenvalue weighted by atomic mass is 9.98. The highest BCUT2D eigenvalue weighted by Gasteiger charge is 2.53. The van der Waals surface area contributed by atoms with E-state index in [0.717, 1.165) is 39.8 Å². The van der Waals surface area contributed by atoms with Crippen LogP contribution in [0.5, 0.6) is 5.75 Å². The van der Waals surface area contributed by atoms with Gasteiger partial charge in [-0.25, -0.2) is 0 Å². The zero-order valence-corrected chi connectivity index (χ0v) is 19.3. The van der Waals surface area contributed by atoms with Gasteiger partial charge in [-0.15, -0.1) is 0 Å². The number of non-ortho nitro benzene ring substituents is 1. The molecule has 1 fully saturated rings. The summed E-state index contributed by atoms with van der Waals surface area (Å²) in [5, 5.41) is 10.8. The van der Waals surface area contributed by atoms with E-state index in [1.807, 2.05) is 0 Å². The number of carbonyl (C=O) groups excluding carboxylic acids is 4. The predicted octanol–water partition coefficient (Wildman–Crippen LogP) is 1.71. The molecule has 0 bridgehead atoms. The molecule has 5 unspecified atom stereocenters. The van der Waals surface area contributed by atoms with Crippen LogP contribution >= 0.6 is 11.6 Å². The number of carbonyl (C=O) groups is 4. The predicted molar refractivity (Wildman–Crippen MR) is 111 cm³/mol. The molecule has 13 nitrogen and oxygen atoms in total. The highest BCUT2D eigenvalue weighted by atomic mass is 35.5. The fraction of sp³-hybridized carbons (Fsp3) is 0.500. The van der Waals surface area contributed by atoms with E-state index < -0.39 is 66.1 Å². The van der Waals surface area contributed by atoms with E-state index in [0.29, 0.717) is 0 Å². The Balaban J connectivity index is 2.49. The summed E-state index contributed by atoms with van der Waals surface area (Å²) in [6.07, 6.45) is -6.98. The summed E-state index contributed by atoms with van der Waals surface area (Å²) in [5.74, 6) is -3.16. The summed E-state index contributed by atoms with van der Waals surface area (Å²) in [5.41, 5.74) is -0.307. The number of hydrogen-bond donors (Lipinski definition) is 0. The highest BCUT2D eigenvalue weighted by Crippen LogP contribution is 2.34. The Morgan fingerprint density at radius 1 is 0.941 bits per heavy atom. The van der Waals surface area contributed by atoms with Crippen molar-refractivity contribution in [2.24, 2.45) is 0 Å². The summed E-state index contributed by atoms with van der Waals surface area (Å²) in [7, 11) is 0. The number of nitro benzene ring substituents is 1. The molecule has 0 amide bonds. The molecule has 1 aromatic carbocycles. The van der Waals surface area contributed by atoms with Crippen molar-refractivity contribution in [2.45, 2.75) is 58.4 Å². The van der Waals surface area contributed by atoms with Crippen LogP contribution in [0.15, 0.2) is 18.2 Å². The van der Waals surface area contributed by atoms with E-state index in [1.165, 1.54) is 6.07 Å². The van der Waals surface area contributed by atoms with Crippen LogP contribution in [-0.2, 0) is 42.9 Å². The van der Waals surface area contributed by atoms with Crippen molar-refractivity contribution in [1.29, 1.82) is 0 Å². The maximum absolute atomic E-state index is 11.8. The Kier molecular flexibility index (Phi) is 9.15. The van der Waals surface area contributed by atoms with Crippen molar-refractivity contribution in [3.05, 3.63) is 33.3 Å². The van der Waals surface area contributed by atoms with Gasteiger partial charge in [0.1, 0.15) is 18.5 Å². The number of rotatable bonds is 8. The van der Waals surface area contributed by atoms with Crippen molar-refractivity contribution in [3.63, 3.8) is 0 Å². The largest absolute Gasteiger partial charge is 0.463 e. The molecule has 1 heterocycles. The first-order valence-corrected chi connectivity index (χ1v) is 10.2. The van der Waals surface area contributed by atoms with Crippen LogP contribution in [0.1, 0.15) is 27.7 Å². The van der Waals surface area contributed by atoms with Crippen LogP contribution in [0.25, 0.3) is 0 Å². The maximum Gasteiger partial charge on any atom is 0.303 e. The van der Waals surface area contributed by atoms with E-state index >= 15 is 0 Å². The van der Waals surface area contributed by atoms with Crippen LogP contribution in [0.4, 0.5) is 5.69 Å². The van der Waals surface area contributed by atoms with Crippen molar-refractivity contribution >= 4 is 41.2 Å². The van der Waals surface area contributed by atoms with Gasteiger partial charge in [-0.05, 0) is 6.07 Å². The van der Waals surface area contributed by atoms with Crippen LogP contribution in [0.2, 0.25) is 5.02 Å². The number of benzene rings is 1. The Hall–Kier alpha value is -3.45. The van der Waals surface area contributed by atoms with E-state index in [2.05, 4.69) is 0 Å². The summed E-state index contributed by atoms with van der Waals surface area (Å²) in [6, 6.07) is 3.34. The second-order valence-corrected chi connectivity index (χ2v) is 7.46. The average Bonchev–Trinajstić information content (AvgIpc) is 2.71. The third kappa shape index (κ3) is 7.28. The maximum atomic E-state index is 11.8. The molecule has 34 heavy (non-hydrogen) atoms. The number of esters is 4. The van der Waals surface area contributed by atoms with E-state index in [4.69, 9.17) is 40.0 Å². The second kappa shape index (κ2) is 11.6. The van der Waals surface area contributed by atoms with Gasteiger partial charge in [-0.1, -0.05) is 11.6 Å². The van der Waals surface area contributed by atoms with E-state index in [9.17, 15) is 29.3 Å². The molecule has 1 aliphatic rings. The van der Waals surface area contributed by atoms with Gasteiger partial charge in [0.05, 0.1) is 9.95 Å². The minimum Gasteiger partial charge on any atom is -0.463 e. The minimum absolute atomic E-state index is 0.0897. The van der Waals surface area contributed by atoms with Gasteiger partial charge in [-0.3, -0.25) is 29.3 Å². The van der Waals surface area contributed by atoms with Gasteiger partial charge in [0, 0.05) is 39.8 Å². The van der Waals surface area contributed by atoms with Crippen molar-refractivity contribution < 1.29 is 52.5 Å². The van der Waals surface area contributed by atoms with Crippen LogP contribution in [0, 0.1) is 10.1 Å². The second-order valence-electron chi connectivity index (χ2n) is 7.06. The standard InChI is InChI=1S/C20H22ClNO12/c1-9(23)29-8-16-17(30-10(2)24)18(31-11(3)25)19(32-12(4)26)20(34-16)33-15-6-5-13(22(27)28)7-14(15)21/h5-7,16-20H,8H2,1-4H3. The molecule has 1 aliphatic heterocycles. The smallest absolute Gasteiger partial charge is 0.303 e. The number of nitro groups is 1. The van der Waals surface area contributed by atoms with E-state index in [-0.39, 0.29) is 16.5 Å². The first-order chi connectivity index (χ1) is 15.9. The Bertz CT molecular complexity index is 967. The number of hydrogen-bond acceptors (Lipinski definition) is 12. The molecular weight excluding hydrogens is 482 g/mol. The quantitative estimate of drug-likeness (QED) is 0.218. The molecule has 0 aliphatic carbocycles. The van der Waals surface area contributed by atoms with Crippen LogP contribution < -0.4 is 4.74 Å². The first-order valence-electron chi connectivity index (χ1n) is 9.80. The Morgan fingerprint density at radius 2 is 1.50 bits per heavy atom. The van der Waals surface area contributed by atoms with Gasteiger partial charge in [0.25, 0.3) is 5.69 Å². The van der Waals surface area contributed by atoms with Crippen molar-refractivity contribution in [3.8, 4) is 5.75 Å². The normalized spacial score (nSPS) is 23.9. The lowest BCUT2D eigenvalue weighted by molar-refractivity contribution is -0.384. The van der Waals surface area contributed by atoms with Gasteiger partial charge in [0.15, 0.2) is 12.2 Å². The molecule has 0 saturated carbocycles. The van der Waals surface area contributed by atoms with Crippen LogP contribution in [-0.4, -0.2) is 66.1 Å². The molecule has 0 radical (unpaired) electrons. The molecular formula is C20H22ClNO12. The minimum atomic E-state index is -1.51. The zero-order valence-electron chi connectivity index (χ0n) is 18.6. The molecule has 5 atom stereocenters. The van der Waals surface area contributed by atoms with Crippen molar-refractivity contribution in [1.82, 2.24) is 0 Å². The lowest BCUT2D eigenvalue weighted by Crippen LogP contribution is -2.63. The average molecular weight is 504 g/mol. The topological polar surface area (TPSA) is 167 Å². The molecule has 2 rings (SSSR count). The molecule has 186 valence electrons. The monoisotopic (exact) mass is 503 g/mol. The summed E-state index contributed by atoms with van der Waals surface area (Å²) >= 11 is 6.09. The van der Waals surface area contributed by atoms with E-state index in [1.54, 1.807) is 0 Å². The number of halogens is 1. The SMILES string of the molecule is CC(=O)OCC1OC(Oc2ccc([N+](=O)[O-])cc2Cl)C(OC(C)=O)C(OC(C)=O)C1OC(C)=O. The summed E-state index contributed by atoms with van der Waals surface area (Å²) in [6.45, 7) is 3.95. The zero-order chi connectivity index (χ0) is 25.6. The number of ether oxygens (including phenoxy) is 6. The fourth-order valence-electron chi connectivity index (χ4n) is 3.11. The fourth-order valence-corrected chi connectivity index (χ4v) is 3.33. The Morgan fingerprint density at radius 3 is 2.00 bits per heavy atom. The summed E-state index contributed by atoms with van der Waals surface area (Å²) in [4.78, 5) is 57.0. The highest BCUT2D eigenvalue weighted by molar-refractivity contribution is 6.32. The molecule has 0 N–H and O–H groups in total. The molecule has 1 aromatic rings. The third-order valence-corrected chi connectivity index (χ3v) is 4.61. The molecule has 1 saturated heterocycles. The first kappa shape index (κ1) is 26.8. The third-order valence-electron chi connectivity index (χ3n) is 4.32. The molecule has 0 aromatic heterocycles. The van der Waals surface area contributed by atoms with Gasteiger partial charge < -0.3 is 28.4 Å². The summed E-state index contributed by atoms with van der Waals surface area (Å²) < 4.78 is 32.2. The van der Waals surface area contributed by atoms with Gasteiger partial charge >= 0.3 is 23.9 Å². The van der Waals surface area contributed by atoms with Gasteiger partial charge in [-0.2, -0.15) is 0 Å². The molecule has 0 spiro atoms.